The average Bonchev–Trinajstić information content (AvgIpc) is 2.59. The number of aliphatic hydroxyl groups excluding tert-OH is 2. The highest BCUT2D eigenvalue weighted by atomic mass is 16.4. The number of carboxylic acids is 1. The van der Waals surface area contributed by atoms with Gasteiger partial charge in [0.1, 0.15) is 0 Å². The maximum atomic E-state index is 10.6. The van der Waals surface area contributed by atoms with Gasteiger partial charge >= 0.3 is 5.97 Å². The molecule has 0 saturated carbocycles. The third-order valence-corrected chi connectivity index (χ3v) is 3.65. The summed E-state index contributed by atoms with van der Waals surface area (Å²) >= 11 is 0. The molecule has 2 rings (SSSR count). The van der Waals surface area contributed by atoms with Gasteiger partial charge in [-0.3, -0.25) is 4.79 Å². The SMILES string of the molecule is O=C(O)CC(O)CC(O)/C=C/C(=C\c1ccccc1)c1ccccc1. The Morgan fingerprint density at radius 2 is 1.56 bits per heavy atom. The van der Waals surface area contributed by atoms with Crippen LogP contribution in [0, 0.1) is 0 Å². The van der Waals surface area contributed by atoms with E-state index in [1.165, 1.54) is 0 Å². The lowest BCUT2D eigenvalue weighted by atomic mass is 10.0. The van der Waals surface area contributed by atoms with E-state index in [-0.39, 0.29) is 12.8 Å². The maximum absolute atomic E-state index is 10.6. The highest BCUT2D eigenvalue weighted by Gasteiger charge is 2.13. The molecule has 0 heterocycles. The van der Waals surface area contributed by atoms with Gasteiger partial charge in [0.05, 0.1) is 18.6 Å². The number of hydrogen-bond acceptors (Lipinski definition) is 3. The van der Waals surface area contributed by atoms with Gasteiger partial charge in [0.25, 0.3) is 0 Å². The van der Waals surface area contributed by atoms with E-state index in [9.17, 15) is 15.0 Å². The molecule has 0 radical (unpaired) electrons. The average molecular weight is 338 g/mol. The molecule has 0 spiro atoms. The van der Waals surface area contributed by atoms with Crippen molar-refractivity contribution >= 4 is 17.6 Å². The Morgan fingerprint density at radius 3 is 2.16 bits per heavy atom. The zero-order chi connectivity index (χ0) is 18.1. The molecule has 0 amide bonds. The molecule has 0 aromatic heterocycles. The quantitative estimate of drug-likeness (QED) is 0.509. The van der Waals surface area contributed by atoms with Crippen LogP contribution in [0.4, 0.5) is 0 Å². The van der Waals surface area contributed by atoms with Crippen molar-refractivity contribution in [2.45, 2.75) is 25.0 Å². The number of allylic oxidation sites excluding steroid dienone is 2. The lowest BCUT2D eigenvalue weighted by Gasteiger charge is -2.11. The molecule has 0 aliphatic rings. The smallest absolute Gasteiger partial charge is 0.305 e. The van der Waals surface area contributed by atoms with Crippen LogP contribution in [0.5, 0.6) is 0 Å². The van der Waals surface area contributed by atoms with Crippen molar-refractivity contribution in [3.8, 4) is 0 Å². The largest absolute Gasteiger partial charge is 0.481 e. The van der Waals surface area contributed by atoms with E-state index in [0.717, 1.165) is 16.7 Å². The predicted molar refractivity (Wildman–Crippen MR) is 98.8 cm³/mol. The van der Waals surface area contributed by atoms with Gasteiger partial charge in [-0.25, -0.2) is 0 Å². The number of benzene rings is 2. The molecule has 2 unspecified atom stereocenters. The normalized spacial score (nSPS) is 14.4. The van der Waals surface area contributed by atoms with Crippen molar-refractivity contribution in [3.05, 3.63) is 83.9 Å². The molecule has 2 aromatic rings. The Labute approximate surface area is 147 Å². The summed E-state index contributed by atoms with van der Waals surface area (Å²) < 4.78 is 0. The zero-order valence-electron chi connectivity index (χ0n) is 13.8. The highest BCUT2D eigenvalue weighted by molar-refractivity contribution is 5.87. The number of aliphatic carboxylic acids is 1. The maximum Gasteiger partial charge on any atom is 0.305 e. The fraction of sp³-hybridized carbons (Fsp3) is 0.190. The van der Waals surface area contributed by atoms with Crippen molar-refractivity contribution in [1.82, 2.24) is 0 Å². The summed E-state index contributed by atoms with van der Waals surface area (Å²) in [6, 6.07) is 19.6. The number of rotatable bonds is 8. The van der Waals surface area contributed by atoms with Crippen molar-refractivity contribution in [3.63, 3.8) is 0 Å². The van der Waals surface area contributed by atoms with Gasteiger partial charge in [-0.2, -0.15) is 0 Å². The molecule has 4 heteroatoms. The standard InChI is InChI=1S/C21H22O4/c22-19(14-20(23)15-21(24)25)12-11-18(17-9-5-2-6-10-17)13-16-7-3-1-4-8-16/h1-13,19-20,22-23H,14-15H2,(H,24,25)/b12-11+,18-13+. The summed E-state index contributed by atoms with van der Waals surface area (Å²) in [7, 11) is 0. The lowest BCUT2D eigenvalue weighted by molar-refractivity contribution is -0.139. The Balaban J connectivity index is 2.16. The Hall–Kier alpha value is -2.69. The van der Waals surface area contributed by atoms with Crippen LogP contribution < -0.4 is 0 Å². The van der Waals surface area contributed by atoms with Gasteiger partial charge < -0.3 is 15.3 Å². The minimum atomic E-state index is -1.09. The van der Waals surface area contributed by atoms with E-state index >= 15 is 0 Å². The van der Waals surface area contributed by atoms with Gasteiger partial charge in [0.2, 0.25) is 0 Å². The monoisotopic (exact) mass is 338 g/mol. The molecule has 2 aromatic carbocycles. The first-order chi connectivity index (χ1) is 12.0. The molecule has 25 heavy (non-hydrogen) atoms. The molecule has 3 N–H and O–H groups in total. The zero-order valence-corrected chi connectivity index (χ0v) is 13.8. The van der Waals surface area contributed by atoms with Crippen LogP contribution >= 0.6 is 0 Å². The Morgan fingerprint density at radius 1 is 0.960 bits per heavy atom. The van der Waals surface area contributed by atoms with Crippen molar-refractivity contribution in [2.75, 3.05) is 0 Å². The van der Waals surface area contributed by atoms with Crippen molar-refractivity contribution in [1.29, 1.82) is 0 Å². The topological polar surface area (TPSA) is 77.8 Å². The van der Waals surface area contributed by atoms with Gasteiger partial charge in [-0.15, -0.1) is 0 Å². The molecule has 130 valence electrons. The first-order valence-electron chi connectivity index (χ1n) is 8.13. The first kappa shape index (κ1) is 18.6. The molecule has 4 nitrogen and oxygen atoms in total. The third kappa shape index (κ3) is 6.75. The summed E-state index contributed by atoms with van der Waals surface area (Å²) in [5.41, 5.74) is 2.95. The van der Waals surface area contributed by atoms with Crippen LogP contribution in [0.1, 0.15) is 24.0 Å². The van der Waals surface area contributed by atoms with Crippen LogP contribution in [-0.4, -0.2) is 33.5 Å². The molecule has 0 aliphatic heterocycles. The summed E-state index contributed by atoms with van der Waals surface area (Å²) in [6.07, 6.45) is 2.99. The number of carbonyl (C=O) groups is 1. The van der Waals surface area contributed by atoms with Crippen LogP contribution in [0.2, 0.25) is 0 Å². The molecule has 0 bridgehead atoms. The summed E-state index contributed by atoms with van der Waals surface area (Å²) in [5, 5.41) is 28.3. The van der Waals surface area contributed by atoms with E-state index < -0.39 is 18.2 Å². The lowest BCUT2D eigenvalue weighted by Crippen LogP contribution is -2.19. The van der Waals surface area contributed by atoms with Gasteiger partial charge in [-0.1, -0.05) is 72.8 Å². The van der Waals surface area contributed by atoms with E-state index in [0.29, 0.717) is 0 Å². The van der Waals surface area contributed by atoms with Crippen LogP contribution in [0.15, 0.2) is 72.8 Å². The second-order valence-corrected chi connectivity index (χ2v) is 5.79. The summed E-state index contributed by atoms with van der Waals surface area (Å²) in [5.74, 6) is -1.09. The van der Waals surface area contributed by atoms with Gasteiger partial charge in [-0.05, 0) is 22.8 Å². The van der Waals surface area contributed by atoms with E-state index in [2.05, 4.69) is 0 Å². The van der Waals surface area contributed by atoms with Crippen molar-refractivity contribution in [2.24, 2.45) is 0 Å². The molecular weight excluding hydrogens is 316 g/mol. The number of hydrogen-bond donors (Lipinski definition) is 3. The van der Waals surface area contributed by atoms with Crippen molar-refractivity contribution < 1.29 is 20.1 Å². The van der Waals surface area contributed by atoms with E-state index in [4.69, 9.17) is 5.11 Å². The highest BCUT2D eigenvalue weighted by Crippen LogP contribution is 2.20. The number of carboxylic acid groups (broad SMARTS) is 1. The summed E-state index contributed by atoms with van der Waals surface area (Å²) in [4.78, 5) is 10.6. The minimum absolute atomic E-state index is 0.0177. The van der Waals surface area contributed by atoms with Crippen LogP contribution in [0.3, 0.4) is 0 Å². The van der Waals surface area contributed by atoms with Crippen LogP contribution in [-0.2, 0) is 4.79 Å². The Kier molecular flexibility index (Phi) is 7.14. The van der Waals surface area contributed by atoms with Gasteiger partial charge in [0.15, 0.2) is 0 Å². The molecule has 2 atom stereocenters. The second kappa shape index (κ2) is 9.57. The molecule has 0 fully saturated rings. The predicted octanol–water partition coefficient (Wildman–Crippen LogP) is 3.37. The van der Waals surface area contributed by atoms with Crippen LogP contribution in [0.25, 0.3) is 11.6 Å². The molecule has 0 aliphatic carbocycles. The fourth-order valence-corrected chi connectivity index (χ4v) is 2.44. The summed E-state index contributed by atoms with van der Waals surface area (Å²) in [6.45, 7) is 0. The second-order valence-electron chi connectivity index (χ2n) is 5.79. The first-order valence-corrected chi connectivity index (χ1v) is 8.13. The van der Waals surface area contributed by atoms with Gasteiger partial charge in [0, 0.05) is 6.42 Å². The van der Waals surface area contributed by atoms with E-state index in [1.54, 1.807) is 12.2 Å². The fourth-order valence-electron chi connectivity index (χ4n) is 2.44. The third-order valence-electron chi connectivity index (χ3n) is 3.65. The Bertz CT molecular complexity index is 720. The molecule has 0 saturated heterocycles. The molecular formula is C21H22O4. The number of aliphatic hydroxyl groups is 2. The minimum Gasteiger partial charge on any atom is -0.481 e. The van der Waals surface area contributed by atoms with E-state index in [1.807, 2.05) is 66.7 Å².